The third-order valence-corrected chi connectivity index (χ3v) is 3.22. The molecule has 1 aromatic heterocycles. The Morgan fingerprint density at radius 2 is 2.42 bits per heavy atom. The molecule has 2 heterocycles. The maximum Gasteiger partial charge on any atom is 0.110 e. The highest BCUT2D eigenvalue weighted by Crippen LogP contribution is 2.40. The second-order valence-corrected chi connectivity index (χ2v) is 4.03. The highest BCUT2D eigenvalue weighted by Gasteiger charge is 2.24. The van der Waals surface area contributed by atoms with Crippen molar-refractivity contribution in [2.45, 2.75) is 6.42 Å². The Bertz CT molecular complexity index is 361. The summed E-state index contributed by atoms with van der Waals surface area (Å²) in [6.45, 7) is 1.01. The predicted molar refractivity (Wildman–Crippen MR) is 50.4 cm³/mol. The van der Waals surface area contributed by atoms with Crippen molar-refractivity contribution in [1.82, 2.24) is 0 Å². The highest BCUT2D eigenvalue weighted by molar-refractivity contribution is 7.16. The Balaban J connectivity index is 2.63. The Kier molecular flexibility index (Phi) is 1.48. The summed E-state index contributed by atoms with van der Waals surface area (Å²) in [6, 6.07) is 2.15. The first-order valence-electron chi connectivity index (χ1n) is 3.76. The summed E-state index contributed by atoms with van der Waals surface area (Å²) >= 11 is 1.55. The SMILES string of the molecule is CN1CCc2sc(N)c(C#N)c21. The van der Waals surface area contributed by atoms with Crippen LogP contribution < -0.4 is 10.6 Å². The molecule has 0 spiro atoms. The van der Waals surface area contributed by atoms with Crippen LogP contribution in [-0.2, 0) is 6.42 Å². The summed E-state index contributed by atoms with van der Waals surface area (Å²) in [7, 11) is 2.00. The van der Waals surface area contributed by atoms with E-state index in [2.05, 4.69) is 11.0 Å². The van der Waals surface area contributed by atoms with Gasteiger partial charge in [0.25, 0.3) is 0 Å². The van der Waals surface area contributed by atoms with Gasteiger partial charge in [-0.1, -0.05) is 0 Å². The standard InChI is InChI=1S/C8H9N3S/c1-11-3-2-6-7(11)5(4-9)8(10)12-6/h2-3,10H2,1H3. The molecular formula is C8H9N3S. The van der Waals surface area contributed by atoms with Gasteiger partial charge in [-0.2, -0.15) is 5.26 Å². The van der Waals surface area contributed by atoms with Crippen LogP contribution in [0.3, 0.4) is 0 Å². The van der Waals surface area contributed by atoms with Crippen LogP contribution in [0.2, 0.25) is 0 Å². The number of hydrogen-bond donors (Lipinski definition) is 1. The van der Waals surface area contributed by atoms with Gasteiger partial charge in [0.2, 0.25) is 0 Å². The number of anilines is 2. The minimum atomic E-state index is 0.661. The maximum absolute atomic E-state index is 8.84. The predicted octanol–water partition coefficient (Wildman–Crippen LogP) is 1.19. The van der Waals surface area contributed by atoms with E-state index in [1.807, 2.05) is 7.05 Å². The monoisotopic (exact) mass is 179 g/mol. The van der Waals surface area contributed by atoms with Gasteiger partial charge in [0.1, 0.15) is 16.6 Å². The van der Waals surface area contributed by atoms with Gasteiger partial charge in [-0.25, -0.2) is 0 Å². The summed E-state index contributed by atoms with van der Waals surface area (Å²) in [5, 5.41) is 9.50. The van der Waals surface area contributed by atoms with Gasteiger partial charge in [0.05, 0.1) is 5.69 Å². The van der Waals surface area contributed by atoms with Crippen molar-refractivity contribution in [2.75, 3.05) is 24.2 Å². The van der Waals surface area contributed by atoms with Crippen molar-refractivity contribution >= 4 is 22.0 Å². The van der Waals surface area contributed by atoms with E-state index in [9.17, 15) is 0 Å². The number of rotatable bonds is 0. The number of nitrogen functional groups attached to an aromatic ring is 1. The third-order valence-electron chi connectivity index (χ3n) is 2.15. The average Bonchev–Trinajstić information content (AvgIpc) is 2.52. The molecule has 1 aliphatic rings. The molecule has 0 saturated heterocycles. The number of nitrogens with zero attached hydrogens (tertiary/aromatic N) is 2. The average molecular weight is 179 g/mol. The van der Waals surface area contributed by atoms with Crippen molar-refractivity contribution < 1.29 is 0 Å². The van der Waals surface area contributed by atoms with Gasteiger partial charge < -0.3 is 10.6 Å². The molecule has 0 bridgehead atoms. The van der Waals surface area contributed by atoms with E-state index in [1.165, 1.54) is 4.88 Å². The lowest BCUT2D eigenvalue weighted by atomic mass is 10.2. The van der Waals surface area contributed by atoms with Crippen molar-refractivity contribution in [1.29, 1.82) is 5.26 Å². The molecule has 0 fully saturated rings. The smallest absolute Gasteiger partial charge is 0.110 e. The Morgan fingerprint density at radius 3 is 3.08 bits per heavy atom. The molecule has 0 radical (unpaired) electrons. The van der Waals surface area contributed by atoms with Gasteiger partial charge in [-0.3, -0.25) is 0 Å². The maximum atomic E-state index is 8.84. The summed E-state index contributed by atoms with van der Waals surface area (Å²) in [6.07, 6.45) is 1.03. The minimum Gasteiger partial charge on any atom is -0.389 e. The molecule has 0 amide bonds. The van der Waals surface area contributed by atoms with Crippen LogP contribution in [0, 0.1) is 11.3 Å². The summed E-state index contributed by atoms with van der Waals surface area (Å²) in [4.78, 5) is 3.35. The summed E-state index contributed by atoms with van der Waals surface area (Å²) < 4.78 is 0. The van der Waals surface area contributed by atoms with E-state index >= 15 is 0 Å². The molecule has 2 N–H and O–H groups in total. The van der Waals surface area contributed by atoms with E-state index in [4.69, 9.17) is 11.0 Å². The molecule has 0 atom stereocenters. The fraction of sp³-hybridized carbons (Fsp3) is 0.375. The van der Waals surface area contributed by atoms with Crippen LogP contribution in [0.15, 0.2) is 0 Å². The Labute approximate surface area is 75.0 Å². The van der Waals surface area contributed by atoms with Crippen LogP contribution in [0.1, 0.15) is 10.4 Å². The number of likely N-dealkylation sites (N-methyl/N-ethyl adjacent to an activating group) is 1. The van der Waals surface area contributed by atoms with Crippen molar-refractivity contribution in [3.8, 4) is 6.07 Å². The molecular weight excluding hydrogens is 170 g/mol. The molecule has 3 nitrogen and oxygen atoms in total. The Hall–Kier alpha value is -1.21. The van der Waals surface area contributed by atoms with Gasteiger partial charge in [-0.15, -0.1) is 11.3 Å². The first kappa shape index (κ1) is 7.44. The second-order valence-electron chi connectivity index (χ2n) is 2.90. The third kappa shape index (κ3) is 0.802. The van der Waals surface area contributed by atoms with Crippen molar-refractivity contribution in [2.24, 2.45) is 0 Å². The van der Waals surface area contributed by atoms with E-state index in [1.54, 1.807) is 11.3 Å². The van der Waals surface area contributed by atoms with E-state index in [-0.39, 0.29) is 0 Å². The lowest BCUT2D eigenvalue weighted by molar-refractivity contribution is 0.958. The molecule has 2 rings (SSSR count). The lowest BCUT2D eigenvalue weighted by Gasteiger charge is -2.10. The van der Waals surface area contributed by atoms with E-state index in [0.717, 1.165) is 18.7 Å². The molecule has 1 aromatic rings. The minimum absolute atomic E-state index is 0.661. The molecule has 0 aromatic carbocycles. The molecule has 0 unspecified atom stereocenters. The van der Waals surface area contributed by atoms with Crippen LogP contribution in [0.4, 0.5) is 10.7 Å². The van der Waals surface area contributed by atoms with Crippen molar-refractivity contribution in [3.63, 3.8) is 0 Å². The highest BCUT2D eigenvalue weighted by atomic mass is 32.1. The summed E-state index contributed by atoms with van der Waals surface area (Å²) in [5.74, 6) is 0. The number of nitriles is 1. The normalized spacial score (nSPS) is 14.5. The molecule has 0 saturated carbocycles. The number of hydrogen-bond acceptors (Lipinski definition) is 4. The number of fused-ring (bicyclic) bond motifs is 1. The Morgan fingerprint density at radius 1 is 1.67 bits per heavy atom. The summed E-state index contributed by atoms with van der Waals surface area (Å²) in [5.41, 5.74) is 7.41. The quantitative estimate of drug-likeness (QED) is 0.651. The number of nitrogens with two attached hydrogens (primary N) is 1. The van der Waals surface area contributed by atoms with Crippen LogP contribution in [0.5, 0.6) is 0 Å². The fourth-order valence-electron chi connectivity index (χ4n) is 1.55. The van der Waals surface area contributed by atoms with E-state index in [0.29, 0.717) is 10.6 Å². The molecule has 0 aliphatic carbocycles. The van der Waals surface area contributed by atoms with E-state index < -0.39 is 0 Å². The lowest BCUT2D eigenvalue weighted by Crippen LogP contribution is -2.13. The largest absolute Gasteiger partial charge is 0.389 e. The van der Waals surface area contributed by atoms with Crippen molar-refractivity contribution in [3.05, 3.63) is 10.4 Å². The zero-order valence-electron chi connectivity index (χ0n) is 6.79. The van der Waals surface area contributed by atoms with Gasteiger partial charge in [0.15, 0.2) is 0 Å². The van der Waals surface area contributed by atoms with Gasteiger partial charge >= 0.3 is 0 Å². The molecule has 12 heavy (non-hydrogen) atoms. The second kappa shape index (κ2) is 2.39. The zero-order valence-corrected chi connectivity index (χ0v) is 7.61. The zero-order chi connectivity index (χ0) is 8.72. The van der Waals surface area contributed by atoms with Crippen LogP contribution >= 0.6 is 11.3 Å². The molecule has 1 aliphatic heterocycles. The fourth-order valence-corrected chi connectivity index (χ4v) is 2.61. The first-order chi connectivity index (χ1) is 5.74. The van der Waals surface area contributed by atoms with Gasteiger partial charge in [-0.05, 0) is 0 Å². The molecule has 4 heteroatoms. The molecule has 62 valence electrons. The topological polar surface area (TPSA) is 53.0 Å². The number of thiophene rings is 1. The van der Waals surface area contributed by atoms with Gasteiger partial charge in [0, 0.05) is 24.9 Å². The first-order valence-corrected chi connectivity index (χ1v) is 4.58. The van der Waals surface area contributed by atoms with Crippen LogP contribution in [-0.4, -0.2) is 13.6 Å². The van der Waals surface area contributed by atoms with Crippen LogP contribution in [0.25, 0.3) is 0 Å².